The Labute approximate surface area is 114 Å². The van der Waals surface area contributed by atoms with Gasteiger partial charge in [-0.15, -0.1) is 0 Å². The first kappa shape index (κ1) is 12.7. The van der Waals surface area contributed by atoms with Gasteiger partial charge in [-0.25, -0.2) is 4.39 Å². The van der Waals surface area contributed by atoms with Gasteiger partial charge in [0.2, 0.25) is 0 Å². The molecule has 1 aliphatic rings. The fraction of sp³-hybridized carbons (Fsp3) is 0.286. The molecule has 2 aromatic rings. The molecule has 0 amide bonds. The molecule has 20 heavy (non-hydrogen) atoms. The van der Waals surface area contributed by atoms with Crippen LogP contribution in [0.4, 0.5) is 15.8 Å². The minimum Gasteiger partial charge on any atom is -0.502 e. The molecule has 0 atom stereocenters. The van der Waals surface area contributed by atoms with E-state index in [0.29, 0.717) is 26.2 Å². The first-order chi connectivity index (χ1) is 9.58. The lowest BCUT2D eigenvalue weighted by Gasteiger charge is -2.37. The van der Waals surface area contributed by atoms with E-state index in [1.165, 1.54) is 12.1 Å². The molecule has 1 heterocycles. The quantitative estimate of drug-likeness (QED) is 0.807. The molecule has 0 radical (unpaired) electrons. The van der Waals surface area contributed by atoms with Crippen molar-refractivity contribution in [3.05, 3.63) is 50.5 Å². The van der Waals surface area contributed by atoms with Crippen LogP contribution >= 0.6 is 0 Å². The second-order valence-corrected chi connectivity index (χ2v) is 4.81. The van der Waals surface area contributed by atoms with Crippen LogP contribution in [0.15, 0.2) is 33.9 Å². The van der Waals surface area contributed by atoms with Gasteiger partial charge in [0.05, 0.1) is 0 Å². The van der Waals surface area contributed by atoms with Gasteiger partial charge in [0.1, 0.15) is 11.5 Å². The Morgan fingerprint density at radius 1 is 0.900 bits per heavy atom. The van der Waals surface area contributed by atoms with Gasteiger partial charge in [-0.2, -0.15) is 0 Å². The summed E-state index contributed by atoms with van der Waals surface area (Å²) < 4.78 is 12.9. The molecule has 5 nitrogen and oxygen atoms in total. The number of rotatable bonds is 2. The standard InChI is InChI=1S/C14H13FN2O3/c15-9-1-3-10(4-2-9)16-5-7-17(8-6-16)11-12(18)14(20)13(11)19/h1-4,18H,5-8H2. The first-order valence-electron chi connectivity index (χ1n) is 6.35. The molecule has 0 spiro atoms. The van der Waals surface area contributed by atoms with Crippen LogP contribution in [0.3, 0.4) is 0 Å². The second kappa shape index (κ2) is 4.63. The summed E-state index contributed by atoms with van der Waals surface area (Å²) in [5, 5.41) is 9.42. The van der Waals surface area contributed by atoms with E-state index in [9.17, 15) is 19.1 Å². The molecule has 0 bridgehead atoms. The predicted molar refractivity (Wildman–Crippen MR) is 73.8 cm³/mol. The third kappa shape index (κ3) is 1.93. The van der Waals surface area contributed by atoms with Crippen molar-refractivity contribution in [2.75, 3.05) is 36.0 Å². The van der Waals surface area contributed by atoms with Crippen LogP contribution in [0.5, 0.6) is 5.75 Å². The van der Waals surface area contributed by atoms with Crippen LogP contribution in [-0.2, 0) is 0 Å². The van der Waals surface area contributed by atoms with Gasteiger partial charge in [0.15, 0.2) is 5.75 Å². The molecule has 0 unspecified atom stereocenters. The summed E-state index contributed by atoms with van der Waals surface area (Å²) in [5.74, 6) is -0.703. The highest BCUT2D eigenvalue weighted by Crippen LogP contribution is 2.24. The van der Waals surface area contributed by atoms with Crippen molar-refractivity contribution in [3.63, 3.8) is 0 Å². The summed E-state index contributed by atoms with van der Waals surface area (Å²) in [6.45, 7) is 2.36. The lowest BCUT2D eigenvalue weighted by molar-refractivity contribution is 0.459. The molecule has 0 aromatic heterocycles. The highest BCUT2D eigenvalue weighted by Gasteiger charge is 2.28. The van der Waals surface area contributed by atoms with E-state index < -0.39 is 16.6 Å². The van der Waals surface area contributed by atoms with E-state index in [-0.39, 0.29) is 11.5 Å². The number of piperazine rings is 1. The highest BCUT2D eigenvalue weighted by molar-refractivity contribution is 5.63. The molecule has 1 fully saturated rings. The summed E-state index contributed by atoms with van der Waals surface area (Å²) in [6, 6.07) is 6.23. The van der Waals surface area contributed by atoms with Gasteiger partial charge < -0.3 is 14.9 Å². The Morgan fingerprint density at radius 2 is 1.45 bits per heavy atom. The number of aromatic hydroxyl groups is 1. The number of anilines is 2. The van der Waals surface area contributed by atoms with Crippen LogP contribution in [0.25, 0.3) is 0 Å². The highest BCUT2D eigenvalue weighted by atomic mass is 19.1. The Balaban J connectivity index is 1.70. The monoisotopic (exact) mass is 276 g/mol. The largest absolute Gasteiger partial charge is 0.502 e. The second-order valence-electron chi connectivity index (χ2n) is 4.81. The number of halogens is 1. The number of benzene rings is 1. The molecule has 0 saturated carbocycles. The van der Waals surface area contributed by atoms with Gasteiger partial charge in [-0.05, 0) is 24.3 Å². The third-order valence-electron chi connectivity index (χ3n) is 3.65. The summed E-state index contributed by atoms with van der Waals surface area (Å²) in [4.78, 5) is 26.2. The van der Waals surface area contributed by atoms with Crippen molar-refractivity contribution in [1.29, 1.82) is 0 Å². The maximum absolute atomic E-state index is 12.9. The Morgan fingerprint density at radius 3 is 2.00 bits per heavy atom. The van der Waals surface area contributed by atoms with E-state index in [1.807, 2.05) is 0 Å². The molecule has 0 aliphatic carbocycles. The third-order valence-corrected chi connectivity index (χ3v) is 3.65. The Hall–Kier alpha value is -2.37. The van der Waals surface area contributed by atoms with Gasteiger partial charge in [0, 0.05) is 31.9 Å². The average Bonchev–Trinajstić information content (AvgIpc) is 2.49. The molecule has 104 valence electrons. The lowest BCUT2D eigenvalue weighted by Crippen LogP contribution is -2.50. The number of hydrogen-bond acceptors (Lipinski definition) is 5. The van der Waals surface area contributed by atoms with Crippen molar-refractivity contribution in [1.82, 2.24) is 0 Å². The number of hydrogen-bond donors (Lipinski definition) is 1. The maximum Gasteiger partial charge on any atom is 0.271 e. The average molecular weight is 276 g/mol. The van der Waals surface area contributed by atoms with Gasteiger partial charge in [-0.3, -0.25) is 9.59 Å². The van der Waals surface area contributed by atoms with Gasteiger partial charge in [0.25, 0.3) is 10.9 Å². The fourth-order valence-electron chi connectivity index (χ4n) is 2.50. The SMILES string of the molecule is O=c1c(O)c(N2CCN(c3ccc(F)cc3)CC2)c1=O. The molecule has 2 aromatic carbocycles. The van der Waals surface area contributed by atoms with Crippen molar-refractivity contribution < 1.29 is 9.50 Å². The summed E-state index contributed by atoms with van der Waals surface area (Å²) >= 11 is 0. The minimum absolute atomic E-state index is 0.133. The van der Waals surface area contributed by atoms with Crippen molar-refractivity contribution in [2.24, 2.45) is 0 Å². The van der Waals surface area contributed by atoms with Gasteiger partial charge in [-0.1, -0.05) is 0 Å². The Kier molecular flexibility index (Phi) is 2.93. The van der Waals surface area contributed by atoms with Crippen LogP contribution in [0.1, 0.15) is 0 Å². The molecule has 6 heteroatoms. The van der Waals surface area contributed by atoms with Crippen molar-refractivity contribution >= 4 is 11.4 Å². The molecular formula is C14H13FN2O3. The normalized spacial score (nSPS) is 15.8. The lowest BCUT2D eigenvalue weighted by atomic mass is 10.1. The summed E-state index contributed by atoms with van der Waals surface area (Å²) in [6.07, 6.45) is 0. The van der Waals surface area contributed by atoms with E-state index in [4.69, 9.17) is 0 Å². The van der Waals surface area contributed by atoms with E-state index in [1.54, 1.807) is 17.0 Å². The summed E-state index contributed by atoms with van der Waals surface area (Å²) in [7, 11) is 0. The molecule has 1 N–H and O–H groups in total. The maximum atomic E-state index is 12.9. The zero-order chi connectivity index (χ0) is 14.3. The molecular weight excluding hydrogens is 263 g/mol. The van der Waals surface area contributed by atoms with Gasteiger partial charge >= 0.3 is 0 Å². The van der Waals surface area contributed by atoms with E-state index in [0.717, 1.165) is 5.69 Å². The van der Waals surface area contributed by atoms with E-state index >= 15 is 0 Å². The Bertz CT molecular complexity index is 696. The van der Waals surface area contributed by atoms with Crippen molar-refractivity contribution in [3.8, 4) is 5.75 Å². The molecule has 1 aliphatic heterocycles. The van der Waals surface area contributed by atoms with Crippen LogP contribution < -0.4 is 20.7 Å². The molecule has 1 saturated heterocycles. The zero-order valence-electron chi connectivity index (χ0n) is 10.7. The fourth-order valence-corrected chi connectivity index (χ4v) is 2.50. The summed E-state index contributed by atoms with van der Waals surface area (Å²) in [5.41, 5.74) is -0.368. The van der Waals surface area contributed by atoms with Crippen LogP contribution in [-0.4, -0.2) is 31.3 Å². The zero-order valence-corrected chi connectivity index (χ0v) is 10.7. The predicted octanol–water partition coefficient (Wildman–Crippen LogP) is 0.454. The topological polar surface area (TPSA) is 60.9 Å². The van der Waals surface area contributed by atoms with E-state index in [2.05, 4.69) is 4.90 Å². The smallest absolute Gasteiger partial charge is 0.271 e. The van der Waals surface area contributed by atoms with Crippen molar-refractivity contribution in [2.45, 2.75) is 0 Å². The minimum atomic E-state index is -0.805. The van der Waals surface area contributed by atoms with Crippen LogP contribution in [0, 0.1) is 5.82 Å². The first-order valence-corrected chi connectivity index (χ1v) is 6.35. The molecule has 3 rings (SSSR count). The van der Waals surface area contributed by atoms with Crippen LogP contribution in [0.2, 0.25) is 0 Å². The number of nitrogens with zero attached hydrogens (tertiary/aromatic N) is 2.